The number of fused-ring (bicyclic) bond motifs is 1. The number of hydrogen-bond acceptors (Lipinski definition) is 1. The van der Waals surface area contributed by atoms with Gasteiger partial charge < -0.3 is 4.57 Å². The van der Waals surface area contributed by atoms with Crippen LogP contribution in [0.3, 0.4) is 0 Å². The van der Waals surface area contributed by atoms with Crippen molar-refractivity contribution in [2.24, 2.45) is 0 Å². The van der Waals surface area contributed by atoms with Crippen LogP contribution in [-0.4, -0.2) is 9.55 Å². The summed E-state index contributed by atoms with van der Waals surface area (Å²) in [6.45, 7) is 8.98. The van der Waals surface area contributed by atoms with Gasteiger partial charge in [0.15, 0.2) is 0 Å². The third-order valence-corrected chi connectivity index (χ3v) is 3.27. The highest BCUT2D eigenvalue weighted by atomic mass is 15.1. The van der Waals surface area contributed by atoms with E-state index < -0.39 is 0 Å². The Hall–Kier alpha value is -0.790. The quantitative estimate of drug-likeness (QED) is 0.668. The third-order valence-electron chi connectivity index (χ3n) is 3.27. The van der Waals surface area contributed by atoms with Gasteiger partial charge in [-0.1, -0.05) is 13.8 Å². The first-order chi connectivity index (χ1) is 6.61. The largest absolute Gasteiger partial charge is 0.329 e. The van der Waals surface area contributed by atoms with Gasteiger partial charge in [-0.2, -0.15) is 0 Å². The minimum Gasteiger partial charge on any atom is -0.329 e. The van der Waals surface area contributed by atoms with Crippen molar-refractivity contribution in [2.75, 3.05) is 0 Å². The summed E-state index contributed by atoms with van der Waals surface area (Å²) < 4.78 is 2.44. The average molecular weight is 192 g/mol. The van der Waals surface area contributed by atoms with Crippen LogP contribution in [0.25, 0.3) is 0 Å². The zero-order valence-electron chi connectivity index (χ0n) is 9.67. The first-order valence-corrected chi connectivity index (χ1v) is 5.69. The van der Waals surface area contributed by atoms with Crippen LogP contribution in [0.2, 0.25) is 0 Å². The molecular weight excluding hydrogens is 172 g/mol. The molecule has 0 saturated carbocycles. The van der Waals surface area contributed by atoms with E-state index in [-0.39, 0.29) is 0 Å². The minimum atomic E-state index is 0.556. The molecule has 0 N–H and O–H groups in total. The second-order valence-corrected chi connectivity index (χ2v) is 4.76. The monoisotopic (exact) mass is 192 g/mol. The highest BCUT2D eigenvalue weighted by Gasteiger charge is 2.22. The lowest BCUT2D eigenvalue weighted by molar-refractivity contribution is 0.419. The normalized spacial score (nSPS) is 21.4. The van der Waals surface area contributed by atoms with E-state index in [1.165, 1.54) is 30.1 Å². The Labute approximate surface area is 86.3 Å². The van der Waals surface area contributed by atoms with E-state index in [4.69, 9.17) is 4.98 Å². The lowest BCUT2D eigenvalue weighted by Gasteiger charge is -2.23. The molecule has 0 spiro atoms. The highest BCUT2D eigenvalue weighted by molar-refractivity contribution is 5.21. The Morgan fingerprint density at radius 3 is 2.71 bits per heavy atom. The molecule has 1 aromatic rings. The molecule has 2 heteroatoms. The molecule has 2 heterocycles. The van der Waals surface area contributed by atoms with Crippen LogP contribution in [0.5, 0.6) is 0 Å². The maximum atomic E-state index is 4.76. The van der Waals surface area contributed by atoms with Gasteiger partial charge in [-0.25, -0.2) is 4.98 Å². The van der Waals surface area contributed by atoms with E-state index in [0.717, 1.165) is 6.42 Å². The van der Waals surface area contributed by atoms with Crippen LogP contribution in [0.4, 0.5) is 0 Å². The molecule has 0 aliphatic carbocycles. The maximum Gasteiger partial charge on any atom is 0.109 e. The van der Waals surface area contributed by atoms with Crippen molar-refractivity contribution in [1.82, 2.24) is 9.55 Å². The van der Waals surface area contributed by atoms with Crippen LogP contribution in [0.1, 0.15) is 62.8 Å². The smallest absolute Gasteiger partial charge is 0.109 e. The van der Waals surface area contributed by atoms with Gasteiger partial charge in [-0.15, -0.1) is 0 Å². The molecule has 0 saturated heterocycles. The maximum absolute atomic E-state index is 4.76. The van der Waals surface area contributed by atoms with E-state index in [9.17, 15) is 0 Å². The topological polar surface area (TPSA) is 17.8 Å². The number of nitrogens with zero attached hydrogens (tertiary/aromatic N) is 2. The summed E-state index contributed by atoms with van der Waals surface area (Å²) >= 11 is 0. The highest BCUT2D eigenvalue weighted by Crippen LogP contribution is 2.29. The van der Waals surface area contributed by atoms with Gasteiger partial charge in [0.2, 0.25) is 0 Å². The molecular formula is C12H20N2. The zero-order chi connectivity index (χ0) is 10.3. The second-order valence-electron chi connectivity index (χ2n) is 4.76. The minimum absolute atomic E-state index is 0.556. The molecule has 2 nitrogen and oxygen atoms in total. The molecule has 0 bridgehead atoms. The summed E-state index contributed by atoms with van der Waals surface area (Å²) in [6.07, 6.45) is 3.77. The van der Waals surface area contributed by atoms with Crippen LogP contribution in [-0.2, 0) is 6.42 Å². The van der Waals surface area contributed by atoms with Gasteiger partial charge in [-0.05, 0) is 32.6 Å². The van der Waals surface area contributed by atoms with Gasteiger partial charge in [0.1, 0.15) is 5.82 Å². The first kappa shape index (κ1) is 9.75. The van der Waals surface area contributed by atoms with Crippen molar-refractivity contribution in [3.8, 4) is 0 Å². The number of aryl methyl sites for hydroxylation is 1. The predicted molar refractivity (Wildman–Crippen MR) is 58.7 cm³/mol. The van der Waals surface area contributed by atoms with Gasteiger partial charge >= 0.3 is 0 Å². The SMILES string of the molecule is Cc1c(C(C)C)nc2n1C(C)CCC2. The molecule has 1 atom stereocenters. The molecule has 0 amide bonds. The van der Waals surface area contributed by atoms with Crippen LogP contribution in [0.15, 0.2) is 0 Å². The van der Waals surface area contributed by atoms with Crippen molar-refractivity contribution >= 4 is 0 Å². The summed E-state index contributed by atoms with van der Waals surface area (Å²) in [5, 5.41) is 0. The fraction of sp³-hybridized carbons (Fsp3) is 0.750. The Bertz CT molecular complexity index is 336. The van der Waals surface area contributed by atoms with E-state index in [2.05, 4.69) is 32.3 Å². The molecule has 1 aliphatic rings. The molecule has 14 heavy (non-hydrogen) atoms. The van der Waals surface area contributed by atoms with Gasteiger partial charge in [-0.3, -0.25) is 0 Å². The van der Waals surface area contributed by atoms with Crippen LogP contribution in [0, 0.1) is 6.92 Å². The number of hydrogen-bond donors (Lipinski definition) is 0. The fourth-order valence-corrected chi connectivity index (χ4v) is 2.58. The Morgan fingerprint density at radius 2 is 2.14 bits per heavy atom. The lowest BCUT2D eigenvalue weighted by Crippen LogP contribution is -2.16. The van der Waals surface area contributed by atoms with Gasteiger partial charge in [0, 0.05) is 18.2 Å². The predicted octanol–water partition coefficient (Wildman–Crippen LogP) is 3.21. The fourth-order valence-electron chi connectivity index (χ4n) is 2.58. The number of imidazole rings is 1. The van der Waals surface area contributed by atoms with Gasteiger partial charge in [0.05, 0.1) is 5.69 Å². The summed E-state index contributed by atoms with van der Waals surface area (Å²) in [6, 6.07) is 0.652. The Balaban J connectivity index is 2.49. The van der Waals surface area contributed by atoms with Crippen molar-refractivity contribution in [1.29, 1.82) is 0 Å². The Morgan fingerprint density at radius 1 is 1.43 bits per heavy atom. The Kier molecular flexibility index (Phi) is 2.38. The lowest BCUT2D eigenvalue weighted by atomic mass is 10.1. The second kappa shape index (κ2) is 3.41. The average Bonchev–Trinajstić information content (AvgIpc) is 2.45. The van der Waals surface area contributed by atoms with Crippen LogP contribution < -0.4 is 0 Å². The first-order valence-electron chi connectivity index (χ1n) is 5.69. The molecule has 0 aromatic carbocycles. The van der Waals surface area contributed by atoms with Crippen molar-refractivity contribution in [3.05, 3.63) is 17.2 Å². The van der Waals surface area contributed by atoms with Crippen molar-refractivity contribution < 1.29 is 0 Å². The van der Waals surface area contributed by atoms with Gasteiger partial charge in [0.25, 0.3) is 0 Å². The number of aromatic nitrogens is 2. The molecule has 1 unspecified atom stereocenters. The summed E-state index contributed by atoms with van der Waals surface area (Å²) in [5.41, 5.74) is 2.69. The molecule has 1 aromatic heterocycles. The molecule has 78 valence electrons. The van der Waals surface area contributed by atoms with E-state index >= 15 is 0 Å². The van der Waals surface area contributed by atoms with Crippen molar-refractivity contribution in [3.63, 3.8) is 0 Å². The summed E-state index contributed by atoms with van der Waals surface area (Å²) in [4.78, 5) is 4.76. The number of rotatable bonds is 1. The van der Waals surface area contributed by atoms with E-state index in [1.54, 1.807) is 0 Å². The third kappa shape index (κ3) is 1.37. The molecule has 1 aliphatic heterocycles. The van der Waals surface area contributed by atoms with Crippen molar-refractivity contribution in [2.45, 2.75) is 58.9 Å². The molecule has 0 radical (unpaired) electrons. The summed E-state index contributed by atoms with van der Waals surface area (Å²) in [7, 11) is 0. The molecule has 0 fully saturated rings. The molecule has 2 rings (SSSR count). The standard InChI is InChI=1S/C12H20N2/c1-8(2)12-10(4)14-9(3)6-5-7-11(14)13-12/h8-9H,5-7H2,1-4H3. The summed E-state index contributed by atoms with van der Waals surface area (Å²) in [5.74, 6) is 1.87. The van der Waals surface area contributed by atoms with E-state index in [0.29, 0.717) is 12.0 Å². The zero-order valence-corrected chi connectivity index (χ0v) is 9.67. The van der Waals surface area contributed by atoms with E-state index in [1.807, 2.05) is 0 Å². The van der Waals surface area contributed by atoms with Crippen LogP contribution >= 0.6 is 0 Å².